The molecule has 6 nitrogen and oxygen atoms in total. The van der Waals surface area contributed by atoms with E-state index in [1.54, 1.807) is 18.2 Å². The molecular formula is C11H11BrClNO5. The summed E-state index contributed by atoms with van der Waals surface area (Å²) in [7, 11) is 0. The minimum Gasteiger partial charge on any atom is -0.482 e. The summed E-state index contributed by atoms with van der Waals surface area (Å²) >= 11 is 9.11. The maximum Gasteiger partial charge on any atom is 0.334 e. The van der Waals surface area contributed by atoms with E-state index < -0.39 is 18.0 Å². The van der Waals surface area contributed by atoms with Crippen molar-refractivity contribution in [3.05, 3.63) is 27.7 Å². The number of hydrogen-bond donors (Lipinski definition) is 3. The first-order valence-electron chi connectivity index (χ1n) is 5.15. The van der Waals surface area contributed by atoms with E-state index >= 15 is 0 Å². The third-order valence-corrected chi connectivity index (χ3v) is 2.82. The Kier molecular flexibility index (Phi) is 6.07. The molecule has 0 aliphatic carbocycles. The zero-order chi connectivity index (χ0) is 14.4. The summed E-state index contributed by atoms with van der Waals surface area (Å²) in [6.45, 7) is -0.709. The lowest BCUT2D eigenvalue weighted by Gasteiger charge is -2.10. The first-order chi connectivity index (χ1) is 8.90. The number of amides is 1. The van der Waals surface area contributed by atoms with E-state index in [4.69, 9.17) is 26.6 Å². The topological polar surface area (TPSA) is 95.9 Å². The van der Waals surface area contributed by atoms with Crippen molar-refractivity contribution in [1.29, 1.82) is 0 Å². The van der Waals surface area contributed by atoms with Crippen molar-refractivity contribution in [2.24, 2.45) is 0 Å². The molecule has 0 spiro atoms. The van der Waals surface area contributed by atoms with Gasteiger partial charge >= 0.3 is 5.97 Å². The predicted octanol–water partition coefficient (Wildman–Crippen LogP) is 1.04. The second kappa shape index (κ2) is 7.32. The monoisotopic (exact) mass is 351 g/mol. The van der Waals surface area contributed by atoms with E-state index in [1.165, 1.54) is 0 Å². The molecule has 1 atom stereocenters. The van der Waals surface area contributed by atoms with Crippen molar-refractivity contribution >= 4 is 39.4 Å². The molecule has 0 bridgehead atoms. The van der Waals surface area contributed by atoms with Gasteiger partial charge in [0.05, 0.1) is 11.6 Å². The number of halogens is 2. The maximum absolute atomic E-state index is 11.3. The maximum atomic E-state index is 11.3. The molecule has 0 fully saturated rings. The third kappa shape index (κ3) is 5.46. The normalized spacial score (nSPS) is 11.7. The second-order valence-electron chi connectivity index (χ2n) is 3.52. The number of ether oxygens (including phenoxy) is 1. The minimum absolute atomic E-state index is 0.326. The van der Waals surface area contributed by atoms with E-state index in [0.29, 0.717) is 10.8 Å². The van der Waals surface area contributed by atoms with E-state index in [-0.39, 0.29) is 13.2 Å². The molecule has 0 radical (unpaired) electrons. The van der Waals surface area contributed by atoms with Crippen LogP contribution in [0.3, 0.4) is 0 Å². The van der Waals surface area contributed by atoms with Gasteiger partial charge in [-0.1, -0.05) is 27.5 Å². The van der Waals surface area contributed by atoms with Crippen molar-refractivity contribution in [2.75, 3.05) is 13.2 Å². The first kappa shape index (κ1) is 15.7. The molecule has 1 unspecified atom stereocenters. The van der Waals surface area contributed by atoms with Gasteiger partial charge in [-0.3, -0.25) is 4.79 Å². The molecule has 0 aromatic heterocycles. The number of hydrogen-bond acceptors (Lipinski definition) is 4. The van der Waals surface area contributed by atoms with Gasteiger partial charge in [-0.15, -0.1) is 0 Å². The van der Waals surface area contributed by atoms with Crippen LogP contribution in [0.2, 0.25) is 5.02 Å². The Hall–Kier alpha value is -1.31. The van der Waals surface area contributed by atoms with E-state index in [0.717, 1.165) is 4.47 Å². The Bertz CT molecular complexity index is 482. The average molecular weight is 353 g/mol. The fourth-order valence-electron chi connectivity index (χ4n) is 1.08. The average Bonchev–Trinajstić information content (AvgIpc) is 2.34. The van der Waals surface area contributed by atoms with Crippen molar-refractivity contribution in [3.63, 3.8) is 0 Å². The van der Waals surface area contributed by atoms with Crippen LogP contribution in [0.4, 0.5) is 0 Å². The van der Waals surface area contributed by atoms with E-state index in [1.807, 2.05) is 0 Å². The molecule has 1 aromatic carbocycles. The fourth-order valence-corrected chi connectivity index (χ4v) is 1.81. The number of rotatable bonds is 6. The highest BCUT2D eigenvalue weighted by molar-refractivity contribution is 9.10. The minimum atomic E-state index is -1.64. The van der Waals surface area contributed by atoms with Gasteiger partial charge in [0.15, 0.2) is 12.7 Å². The van der Waals surface area contributed by atoms with Crippen LogP contribution in [0.15, 0.2) is 22.7 Å². The fraction of sp³-hybridized carbons (Fsp3) is 0.273. The summed E-state index contributed by atoms with van der Waals surface area (Å²) in [6.07, 6.45) is -1.64. The molecule has 0 aliphatic rings. The van der Waals surface area contributed by atoms with Crippen LogP contribution >= 0.6 is 27.5 Å². The van der Waals surface area contributed by atoms with Crippen LogP contribution in [-0.2, 0) is 9.59 Å². The van der Waals surface area contributed by atoms with Crippen LogP contribution in [0, 0.1) is 0 Å². The molecule has 1 aromatic rings. The van der Waals surface area contributed by atoms with Crippen molar-refractivity contribution in [2.45, 2.75) is 6.10 Å². The van der Waals surface area contributed by atoms with E-state index in [2.05, 4.69) is 21.2 Å². The van der Waals surface area contributed by atoms with Crippen molar-refractivity contribution < 1.29 is 24.5 Å². The summed E-state index contributed by atoms with van der Waals surface area (Å²) in [5.41, 5.74) is 0. The molecule has 0 aliphatic heterocycles. The molecule has 1 rings (SSSR count). The standard InChI is InChI=1S/C11H11BrClNO5/c12-6-1-2-9(7(13)3-6)19-5-10(16)14-4-8(15)11(17)18/h1-3,8,15H,4-5H2,(H,14,16)(H,17,18). The van der Waals surface area contributed by atoms with Gasteiger partial charge in [-0.2, -0.15) is 0 Å². The highest BCUT2D eigenvalue weighted by Crippen LogP contribution is 2.27. The molecule has 104 valence electrons. The second-order valence-corrected chi connectivity index (χ2v) is 4.84. The third-order valence-electron chi connectivity index (χ3n) is 2.03. The molecule has 0 heterocycles. The Morgan fingerprint density at radius 1 is 1.47 bits per heavy atom. The van der Waals surface area contributed by atoms with Gasteiger partial charge in [0.2, 0.25) is 0 Å². The molecule has 0 saturated carbocycles. The number of benzene rings is 1. The predicted molar refractivity (Wildman–Crippen MR) is 71.3 cm³/mol. The van der Waals surface area contributed by atoms with Crippen LogP contribution in [0.25, 0.3) is 0 Å². The number of carbonyl (C=O) groups is 2. The van der Waals surface area contributed by atoms with Gasteiger partial charge in [-0.25, -0.2) is 4.79 Å². The highest BCUT2D eigenvalue weighted by Gasteiger charge is 2.14. The molecular weight excluding hydrogens is 341 g/mol. The quantitative estimate of drug-likeness (QED) is 0.711. The number of carboxylic acid groups (broad SMARTS) is 1. The molecule has 1 amide bonds. The number of carboxylic acids is 1. The molecule has 19 heavy (non-hydrogen) atoms. The summed E-state index contributed by atoms with van der Waals surface area (Å²) in [6, 6.07) is 4.90. The highest BCUT2D eigenvalue weighted by atomic mass is 79.9. The molecule has 8 heteroatoms. The largest absolute Gasteiger partial charge is 0.482 e. The van der Waals surface area contributed by atoms with Crippen LogP contribution in [0.1, 0.15) is 0 Å². The van der Waals surface area contributed by atoms with Crippen LogP contribution in [0.5, 0.6) is 5.75 Å². The summed E-state index contributed by atoms with van der Waals surface area (Å²) in [5.74, 6) is -1.63. The summed E-state index contributed by atoms with van der Waals surface area (Å²) in [4.78, 5) is 21.6. The lowest BCUT2D eigenvalue weighted by atomic mass is 10.3. The molecule has 0 saturated heterocycles. The Morgan fingerprint density at radius 3 is 2.74 bits per heavy atom. The number of aliphatic hydroxyl groups is 1. The lowest BCUT2D eigenvalue weighted by molar-refractivity contribution is -0.146. The zero-order valence-corrected chi connectivity index (χ0v) is 11.9. The smallest absolute Gasteiger partial charge is 0.334 e. The Morgan fingerprint density at radius 2 is 2.16 bits per heavy atom. The van der Waals surface area contributed by atoms with Gasteiger partial charge in [0.1, 0.15) is 5.75 Å². The number of carbonyl (C=O) groups excluding carboxylic acids is 1. The van der Waals surface area contributed by atoms with Gasteiger partial charge in [0.25, 0.3) is 5.91 Å². The zero-order valence-electron chi connectivity index (χ0n) is 9.60. The van der Waals surface area contributed by atoms with Crippen molar-refractivity contribution in [3.8, 4) is 5.75 Å². The van der Waals surface area contributed by atoms with E-state index in [9.17, 15) is 9.59 Å². The summed E-state index contributed by atoms with van der Waals surface area (Å²) < 4.78 is 5.93. The Labute approximate surface area is 122 Å². The SMILES string of the molecule is O=C(COc1ccc(Br)cc1Cl)NCC(O)C(=O)O. The van der Waals surface area contributed by atoms with Gasteiger partial charge < -0.3 is 20.3 Å². The Balaban J connectivity index is 2.40. The number of nitrogens with one attached hydrogen (secondary N) is 1. The van der Waals surface area contributed by atoms with Crippen LogP contribution < -0.4 is 10.1 Å². The summed E-state index contributed by atoms with van der Waals surface area (Å²) in [5, 5.41) is 19.9. The van der Waals surface area contributed by atoms with Gasteiger partial charge in [-0.05, 0) is 18.2 Å². The van der Waals surface area contributed by atoms with Gasteiger partial charge in [0, 0.05) is 4.47 Å². The lowest BCUT2D eigenvalue weighted by Crippen LogP contribution is -2.38. The number of aliphatic carboxylic acids is 1. The molecule has 3 N–H and O–H groups in total. The van der Waals surface area contributed by atoms with Crippen molar-refractivity contribution in [1.82, 2.24) is 5.32 Å². The first-order valence-corrected chi connectivity index (χ1v) is 6.32. The van der Waals surface area contributed by atoms with Crippen LogP contribution in [-0.4, -0.2) is 41.3 Å². The number of aliphatic hydroxyl groups excluding tert-OH is 1.